The zero-order chi connectivity index (χ0) is 26.4. The molecule has 2 amide bonds. The minimum Gasteiger partial charge on any atom is -0.481 e. The quantitative estimate of drug-likeness (QED) is 0.280. The van der Waals surface area contributed by atoms with Gasteiger partial charge in [0.2, 0.25) is 10.0 Å². The van der Waals surface area contributed by atoms with Crippen LogP contribution in [0.3, 0.4) is 0 Å². The van der Waals surface area contributed by atoms with Crippen molar-refractivity contribution in [1.29, 1.82) is 0 Å². The lowest BCUT2D eigenvalue weighted by molar-refractivity contribution is -0.134. The van der Waals surface area contributed by atoms with Crippen molar-refractivity contribution >= 4 is 33.8 Å². The van der Waals surface area contributed by atoms with Crippen LogP contribution in [0.25, 0.3) is 0 Å². The second kappa shape index (κ2) is 11.5. The lowest BCUT2D eigenvalue weighted by Crippen LogP contribution is -2.63. The highest BCUT2D eigenvalue weighted by atomic mass is 32.2. The number of rotatable bonds is 7. The molecule has 1 aromatic carbocycles. The van der Waals surface area contributed by atoms with Gasteiger partial charge >= 0.3 is 6.09 Å². The second-order valence-electron chi connectivity index (χ2n) is 9.46. The third-order valence-corrected chi connectivity index (χ3v) is 8.25. The molecule has 10 nitrogen and oxygen atoms in total. The number of alkyl carbamates (subject to hydrolysis) is 1. The number of carbonyl (C=O) groups is 2. The Kier molecular flexibility index (Phi) is 9.47. The molecule has 0 bridgehead atoms. The Bertz CT molecular complexity index is 1070. The monoisotopic (exact) mass is 527 g/mol. The first-order chi connectivity index (χ1) is 16.2. The van der Waals surface area contributed by atoms with Crippen molar-refractivity contribution in [3.63, 3.8) is 0 Å². The van der Waals surface area contributed by atoms with Crippen LogP contribution in [0.5, 0.6) is 5.75 Å². The third-order valence-electron chi connectivity index (χ3n) is 4.95. The van der Waals surface area contributed by atoms with E-state index in [1.165, 1.54) is 36.0 Å². The van der Waals surface area contributed by atoms with Crippen LogP contribution in [0.2, 0.25) is 0 Å². The average molecular weight is 528 g/mol. The summed E-state index contributed by atoms with van der Waals surface area (Å²) in [6.07, 6.45) is -0.621. The number of hydrogen-bond acceptors (Lipinski definition) is 8. The van der Waals surface area contributed by atoms with Gasteiger partial charge in [-0.15, -0.1) is 17.7 Å². The van der Waals surface area contributed by atoms with Crippen LogP contribution in [0, 0.1) is 11.8 Å². The molecule has 194 valence electrons. The molecule has 1 heterocycles. The van der Waals surface area contributed by atoms with Crippen molar-refractivity contribution in [2.75, 3.05) is 19.8 Å². The third kappa shape index (κ3) is 7.76. The Hall–Kier alpha value is -2.46. The summed E-state index contributed by atoms with van der Waals surface area (Å²) in [6.45, 7) is 10.5. The maximum absolute atomic E-state index is 13.6. The molecule has 2 atom stereocenters. The molecule has 0 radical (unpaired) electrons. The molecule has 2 rings (SSSR count). The number of carbonyl (C=O) groups excluding carboxylic acids is 2. The number of hydrogen-bond donors (Lipinski definition) is 3. The van der Waals surface area contributed by atoms with E-state index < -0.39 is 43.6 Å². The van der Waals surface area contributed by atoms with E-state index in [9.17, 15) is 23.2 Å². The number of amides is 2. The molecular weight excluding hydrogens is 494 g/mol. The number of nitrogens with one attached hydrogen (secondary N) is 2. The van der Waals surface area contributed by atoms with E-state index >= 15 is 0 Å². The molecule has 1 saturated heterocycles. The molecule has 0 aliphatic carbocycles. The van der Waals surface area contributed by atoms with Crippen molar-refractivity contribution < 1.29 is 32.7 Å². The lowest BCUT2D eigenvalue weighted by atomic mass is 10.0. The number of hydroxylamine groups is 1. The van der Waals surface area contributed by atoms with E-state index in [-0.39, 0.29) is 24.7 Å². The largest absolute Gasteiger partial charge is 0.481 e. The summed E-state index contributed by atoms with van der Waals surface area (Å²) >= 11 is 1.31. The number of benzene rings is 1. The minimum atomic E-state index is -4.17. The highest BCUT2D eigenvalue weighted by Crippen LogP contribution is 2.42. The van der Waals surface area contributed by atoms with Gasteiger partial charge in [-0.2, -0.15) is 4.31 Å². The Labute approximate surface area is 211 Å². The van der Waals surface area contributed by atoms with E-state index in [2.05, 4.69) is 17.2 Å². The lowest BCUT2D eigenvalue weighted by Gasteiger charge is -2.46. The highest BCUT2D eigenvalue weighted by Gasteiger charge is 2.51. The molecule has 1 aliphatic heterocycles. The second-order valence-corrected chi connectivity index (χ2v) is 13.3. The summed E-state index contributed by atoms with van der Waals surface area (Å²) in [7, 11) is -4.17. The van der Waals surface area contributed by atoms with Gasteiger partial charge in [0.05, 0.1) is 10.1 Å². The van der Waals surface area contributed by atoms with Gasteiger partial charge in [0.15, 0.2) is 0 Å². The Morgan fingerprint density at radius 2 is 1.89 bits per heavy atom. The fourth-order valence-corrected chi connectivity index (χ4v) is 7.08. The van der Waals surface area contributed by atoms with Crippen LogP contribution < -0.4 is 15.5 Å². The van der Waals surface area contributed by atoms with E-state index in [4.69, 9.17) is 9.47 Å². The Morgan fingerprint density at radius 1 is 1.26 bits per heavy atom. The summed E-state index contributed by atoms with van der Waals surface area (Å²) in [4.78, 5) is 24.7. The zero-order valence-electron chi connectivity index (χ0n) is 20.7. The fraction of sp³-hybridized carbons (Fsp3) is 0.565. The molecule has 1 fully saturated rings. The van der Waals surface area contributed by atoms with Gasteiger partial charge in [-0.25, -0.2) is 18.7 Å². The van der Waals surface area contributed by atoms with Crippen LogP contribution in [0.15, 0.2) is 29.2 Å². The molecular formula is C23H33N3O7S2. The van der Waals surface area contributed by atoms with E-state index in [1.807, 2.05) is 20.8 Å². The molecule has 1 aromatic rings. The smallest absolute Gasteiger partial charge is 0.407 e. The van der Waals surface area contributed by atoms with E-state index in [0.717, 1.165) is 4.31 Å². The first-order valence-corrected chi connectivity index (χ1v) is 13.2. The van der Waals surface area contributed by atoms with Gasteiger partial charge < -0.3 is 14.8 Å². The Balaban J connectivity index is 2.31. The molecule has 1 aliphatic rings. The molecule has 0 unspecified atom stereocenters. The first kappa shape index (κ1) is 28.8. The van der Waals surface area contributed by atoms with Crippen LogP contribution in [-0.2, 0) is 19.6 Å². The van der Waals surface area contributed by atoms with Gasteiger partial charge in [0.1, 0.15) is 25.0 Å². The summed E-state index contributed by atoms with van der Waals surface area (Å²) in [5.74, 6) is 5.05. The average Bonchev–Trinajstić information content (AvgIpc) is 2.75. The van der Waals surface area contributed by atoms with E-state index in [1.54, 1.807) is 26.3 Å². The van der Waals surface area contributed by atoms with Crippen LogP contribution in [0.4, 0.5) is 4.79 Å². The maximum Gasteiger partial charge on any atom is 0.407 e. The molecule has 12 heteroatoms. The SMILES string of the molecule is CC#CCOc1ccc(S(=O)(=O)N2C[C@@H](COC(=O)NC(C)(C)C)SC(C)(C)[C@@H]2C(=O)NO)cc1. The number of thioether (sulfide) groups is 1. The molecule has 0 aromatic heterocycles. The van der Waals surface area contributed by atoms with Gasteiger partial charge in [-0.1, -0.05) is 5.92 Å². The Morgan fingerprint density at radius 3 is 2.43 bits per heavy atom. The number of sulfonamides is 1. The van der Waals surface area contributed by atoms with E-state index in [0.29, 0.717) is 5.75 Å². The van der Waals surface area contributed by atoms with Crippen LogP contribution >= 0.6 is 11.8 Å². The normalized spacial score (nSPS) is 20.2. The van der Waals surface area contributed by atoms with Crippen molar-refractivity contribution in [1.82, 2.24) is 15.1 Å². The fourth-order valence-electron chi connectivity index (χ4n) is 3.56. The summed E-state index contributed by atoms with van der Waals surface area (Å²) < 4.78 is 38.1. The number of ether oxygens (including phenoxy) is 2. The van der Waals surface area contributed by atoms with Crippen LogP contribution in [0.1, 0.15) is 41.5 Å². The van der Waals surface area contributed by atoms with Gasteiger partial charge in [-0.3, -0.25) is 10.0 Å². The van der Waals surface area contributed by atoms with Gasteiger partial charge in [-0.05, 0) is 65.8 Å². The zero-order valence-corrected chi connectivity index (χ0v) is 22.4. The minimum absolute atomic E-state index is 0.0463. The summed E-state index contributed by atoms with van der Waals surface area (Å²) in [5, 5.41) is 11.6. The van der Waals surface area contributed by atoms with Gasteiger partial charge in [0.25, 0.3) is 5.91 Å². The van der Waals surface area contributed by atoms with Crippen molar-refractivity contribution in [3.8, 4) is 17.6 Å². The molecule has 0 spiro atoms. The highest BCUT2D eigenvalue weighted by molar-refractivity contribution is 8.01. The first-order valence-electron chi connectivity index (χ1n) is 10.9. The molecule has 0 saturated carbocycles. The number of nitrogens with zero attached hydrogens (tertiary/aromatic N) is 1. The van der Waals surface area contributed by atoms with Crippen molar-refractivity contribution in [2.45, 2.75) is 68.0 Å². The maximum atomic E-state index is 13.6. The van der Waals surface area contributed by atoms with Gasteiger partial charge in [0, 0.05) is 16.8 Å². The van der Waals surface area contributed by atoms with Crippen LogP contribution in [-0.4, -0.2) is 71.3 Å². The summed E-state index contributed by atoms with van der Waals surface area (Å²) in [5.41, 5.74) is 1.09. The summed E-state index contributed by atoms with van der Waals surface area (Å²) in [6, 6.07) is 4.57. The molecule has 3 N–H and O–H groups in total. The predicted octanol–water partition coefficient (Wildman–Crippen LogP) is 2.37. The predicted molar refractivity (Wildman–Crippen MR) is 133 cm³/mol. The van der Waals surface area contributed by atoms with Crippen molar-refractivity contribution in [2.24, 2.45) is 0 Å². The standard InChI is InChI=1S/C23H33N3O7S2/c1-7-8-13-32-16-9-11-18(12-10-16)35(30,31)26-14-17(15-33-21(28)24-22(2,3)4)34-23(5,6)19(26)20(27)25-29/h9-12,17,19,29H,13-15H2,1-6H3,(H,24,28)(H,25,27)/t17-,19-/m0/s1. The van der Waals surface area contributed by atoms with Crippen molar-refractivity contribution in [3.05, 3.63) is 24.3 Å². The topological polar surface area (TPSA) is 134 Å². The molecule has 35 heavy (non-hydrogen) atoms.